The van der Waals surface area contributed by atoms with E-state index in [1.165, 1.54) is 78.2 Å². The van der Waals surface area contributed by atoms with Crippen molar-refractivity contribution in [2.45, 2.75) is 70.6 Å². The highest BCUT2D eigenvalue weighted by Gasteiger charge is 2.36. The smallest absolute Gasteiger partial charge is 0.0467 e. The van der Waals surface area contributed by atoms with Crippen LogP contribution in [0.4, 0.5) is 17.1 Å². The van der Waals surface area contributed by atoms with Gasteiger partial charge in [0.15, 0.2) is 0 Å². The molecule has 5 aromatic rings. The Labute approximate surface area is 334 Å². The third-order valence-electron chi connectivity index (χ3n) is 12.6. The van der Waals surface area contributed by atoms with Gasteiger partial charge in [-0.15, -0.1) is 0 Å². The van der Waals surface area contributed by atoms with E-state index in [-0.39, 0.29) is 5.41 Å². The maximum atomic E-state index is 2.52. The number of benzene rings is 5. The maximum absolute atomic E-state index is 2.52. The van der Waals surface area contributed by atoms with Crippen LogP contribution in [0.5, 0.6) is 0 Å². The highest BCUT2D eigenvalue weighted by Crippen LogP contribution is 2.51. The average Bonchev–Trinajstić information content (AvgIpc) is 3.48. The Morgan fingerprint density at radius 1 is 0.696 bits per heavy atom. The molecule has 0 saturated heterocycles. The molecule has 2 unspecified atom stereocenters. The van der Waals surface area contributed by atoms with Crippen LogP contribution < -0.4 is 4.90 Å². The molecule has 0 heterocycles. The van der Waals surface area contributed by atoms with Crippen LogP contribution >= 0.6 is 0 Å². The number of hydrogen-bond donors (Lipinski definition) is 0. The van der Waals surface area contributed by atoms with Gasteiger partial charge in [-0.2, -0.15) is 0 Å². The molecule has 0 radical (unpaired) electrons. The zero-order valence-electron chi connectivity index (χ0n) is 33.2. The van der Waals surface area contributed by atoms with Crippen molar-refractivity contribution in [1.29, 1.82) is 0 Å². The summed E-state index contributed by atoms with van der Waals surface area (Å²) in [6.07, 6.45) is 29.6. The molecule has 0 spiro atoms. The number of anilines is 3. The minimum atomic E-state index is -0.0886. The van der Waals surface area contributed by atoms with E-state index in [4.69, 9.17) is 0 Å². The van der Waals surface area contributed by atoms with E-state index in [1.807, 2.05) is 0 Å². The Balaban J connectivity index is 1.13. The lowest BCUT2D eigenvalue weighted by atomic mass is 9.77. The monoisotopic (exact) mass is 725 g/mol. The number of rotatable bonds is 8. The van der Waals surface area contributed by atoms with Crippen molar-refractivity contribution >= 4 is 34.3 Å². The molecule has 4 aliphatic carbocycles. The second kappa shape index (κ2) is 15.0. The highest BCUT2D eigenvalue weighted by molar-refractivity contribution is 5.87. The van der Waals surface area contributed by atoms with Gasteiger partial charge < -0.3 is 4.90 Å². The molecule has 0 saturated carbocycles. The van der Waals surface area contributed by atoms with Crippen LogP contribution in [0.2, 0.25) is 0 Å². The minimum Gasteiger partial charge on any atom is -0.310 e. The van der Waals surface area contributed by atoms with Crippen molar-refractivity contribution in [3.63, 3.8) is 0 Å². The van der Waals surface area contributed by atoms with E-state index in [0.717, 1.165) is 31.4 Å². The van der Waals surface area contributed by atoms with Crippen molar-refractivity contribution in [1.82, 2.24) is 0 Å². The standard InChI is InChI=1S/C55H51N/c1-5-15-38(6-2)39-28-30-44(31-29-39)56(46-33-35-51-50-21-12-13-23-53(50)55(3,4)54(51)37-46)45-32-34-49(52(36-45)41-16-8-7-9-17-41)43-26-24-42(25-27-43)48-22-14-19-40-18-10-11-20-47(40)48/h5-8,10-16,18-21,23-26,28-37,43,48H,9,17,22,27H2,1-4H3/b15-5-,38-6+. The molecule has 0 amide bonds. The summed E-state index contributed by atoms with van der Waals surface area (Å²) in [6, 6.07) is 41.3. The minimum absolute atomic E-state index is 0.0886. The first-order chi connectivity index (χ1) is 27.4. The summed E-state index contributed by atoms with van der Waals surface area (Å²) >= 11 is 0. The van der Waals surface area contributed by atoms with Gasteiger partial charge >= 0.3 is 0 Å². The van der Waals surface area contributed by atoms with Crippen molar-refractivity contribution in [2.24, 2.45) is 0 Å². The van der Waals surface area contributed by atoms with Crippen LogP contribution in [-0.2, 0) is 5.41 Å². The van der Waals surface area contributed by atoms with Crippen molar-refractivity contribution in [3.05, 3.63) is 214 Å². The Morgan fingerprint density at radius 3 is 2.25 bits per heavy atom. The second-order valence-electron chi connectivity index (χ2n) is 16.2. The Hall–Kier alpha value is -5.92. The van der Waals surface area contributed by atoms with Crippen LogP contribution in [-0.4, -0.2) is 0 Å². The third kappa shape index (κ3) is 6.40. The van der Waals surface area contributed by atoms with Crippen molar-refractivity contribution < 1.29 is 0 Å². The number of allylic oxidation sites excluding steroid dienone is 13. The van der Waals surface area contributed by atoms with Crippen molar-refractivity contribution in [2.75, 3.05) is 4.90 Å². The quantitative estimate of drug-likeness (QED) is 0.144. The molecule has 2 atom stereocenters. The number of nitrogens with zero attached hydrogens (tertiary/aromatic N) is 1. The molecule has 0 bridgehead atoms. The molecule has 1 heteroatoms. The highest BCUT2D eigenvalue weighted by atomic mass is 15.1. The van der Waals surface area contributed by atoms with Gasteiger partial charge in [0.1, 0.15) is 0 Å². The fourth-order valence-electron chi connectivity index (χ4n) is 9.61. The molecular formula is C55H51N. The van der Waals surface area contributed by atoms with Gasteiger partial charge in [0, 0.05) is 34.3 Å². The van der Waals surface area contributed by atoms with Crippen LogP contribution in [0.25, 0.3) is 28.3 Å². The molecule has 5 aromatic carbocycles. The molecule has 0 aliphatic heterocycles. The van der Waals surface area contributed by atoms with Gasteiger partial charge in [0.25, 0.3) is 0 Å². The summed E-state index contributed by atoms with van der Waals surface area (Å²) in [6.45, 7) is 8.94. The summed E-state index contributed by atoms with van der Waals surface area (Å²) in [5.41, 5.74) is 19.8. The lowest BCUT2D eigenvalue weighted by Gasteiger charge is -2.30. The first-order valence-corrected chi connectivity index (χ1v) is 20.5. The predicted octanol–water partition coefficient (Wildman–Crippen LogP) is 15.3. The molecular weight excluding hydrogens is 675 g/mol. The second-order valence-corrected chi connectivity index (χ2v) is 16.2. The van der Waals surface area contributed by atoms with Crippen LogP contribution in [0.15, 0.2) is 176 Å². The van der Waals surface area contributed by atoms with Gasteiger partial charge in [-0.1, -0.05) is 153 Å². The van der Waals surface area contributed by atoms with Gasteiger partial charge in [-0.05, 0) is 143 Å². The van der Waals surface area contributed by atoms with Crippen molar-refractivity contribution in [3.8, 4) is 11.1 Å². The fourth-order valence-corrected chi connectivity index (χ4v) is 9.61. The summed E-state index contributed by atoms with van der Waals surface area (Å²) < 4.78 is 0. The number of fused-ring (bicyclic) bond motifs is 4. The van der Waals surface area contributed by atoms with Crippen LogP contribution in [0.1, 0.15) is 104 Å². The topological polar surface area (TPSA) is 3.24 Å². The van der Waals surface area contributed by atoms with E-state index >= 15 is 0 Å². The maximum Gasteiger partial charge on any atom is 0.0467 e. The molecule has 9 rings (SSSR count). The molecule has 4 aliphatic rings. The van der Waals surface area contributed by atoms with Gasteiger partial charge in [0.2, 0.25) is 0 Å². The molecule has 0 fully saturated rings. The van der Waals surface area contributed by atoms with Gasteiger partial charge in [-0.3, -0.25) is 0 Å². The number of hydrogen-bond acceptors (Lipinski definition) is 1. The molecule has 1 nitrogen and oxygen atoms in total. The lowest BCUT2D eigenvalue weighted by molar-refractivity contribution is 0.660. The summed E-state index contributed by atoms with van der Waals surface area (Å²) in [7, 11) is 0. The van der Waals surface area contributed by atoms with E-state index in [0.29, 0.717) is 11.8 Å². The zero-order chi connectivity index (χ0) is 38.2. The first-order valence-electron chi connectivity index (χ1n) is 20.5. The molecule has 276 valence electrons. The SMILES string of the molecule is C/C=C\C(=C/C)c1ccc(N(c2ccc(C3C=CC(C4CC=Cc5ccccc54)=CC3)c(C3=CC=CCC3)c2)c2ccc3c(c2)C(C)(C)c2ccccc2-3)cc1. The van der Waals surface area contributed by atoms with E-state index in [1.54, 1.807) is 0 Å². The third-order valence-corrected chi connectivity index (χ3v) is 12.6. The van der Waals surface area contributed by atoms with E-state index < -0.39 is 0 Å². The molecule has 0 N–H and O–H groups in total. The lowest BCUT2D eigenvalue weighted by Crippen LogP contribution is -2.17. The van der Waals surface area contributed by atoms with E-state index in [9.17, 15) is 0 Å². The first kappa shape index (κ1) is 35.8. The summed E-state index contributed by atoms with van der Waals surface area (Å²) in [5.74, 6) is 0.746. The zero-order valence-corrected chi connectivity index (χ0v) is 33.2. The van der Waals surface area contributed by atoms with Crippen LogP contribution in [0, 0.1) is 0 Å². The van der Waals surface area contributed by atoms with E-state index in [2.05, 4.69) is 209 Å². The Bertz CT molecular complexity index is 2520. The average molecular weight is 726 g/mol. The van der Waals surface area contributed by atoms with Crippen LogP contribution in [0.3, 0.4) is 0 Å². The molecule has 0 aromatic heterocycles. The summed E-state index contributed by atoms with van der Waals surface area (Å²) in [4.78, 5) is 2.48. The van der Waals surface area contributed by atoms with Gasteiger partial charge in [-0.25, -0.2) is 0 Å². The largest absolute Gasteiger partial charge is 0.310 e. The Kier molecular flexibility index (Phi) is 9.55. The normalized spacial score (nSPS) is 19.3. The molecule has 56 heavy (non-hydrogen) atoms. The summed E-state index contributed by atoms with van der Waals surface area (Å²) in [5, 5.41) is 0. The Morgan fingerprint density at radius 2 is 1.46 bits per heavy atom. The van der Waals surface area contributed by atoms with Gasteiger partial charge in [0.05, 0.1) is 0 Å². The fraction of sp³-hybridized carbons (Fsp3) is 0.200. The predicted molar refractivity (Wildman–Crippen MR) is 241 cm³/mol.